The van der Waals surface area contributed by atoms with Gasteiger partial charge < -0.3 is 9.84 Å². The molecule has 0 amide bonds. The number of hydrogen-bond acceptors (Lipinski definition) is 3. The SMILES string of the molecule is CCCCCCCCCCCCCCC=CC(CC(=O)Oc1c2ccccc2cc2ccccc12)C(=O)O. The summed E-state index contributed by atoms with van der Waals surface area (Å²) in [6.07, 6.45) is 19.8. The number of esters is 1. The van der Waals surface area contributed by atoms with Gasteiger partial charge in [-0.3, -0.25) is 9.59 Å². The molecule has 4 nitrogen and oxygen atoms in total. The number of unbranched alkanes of at least 4 members (excludes halogenated alkanes) is 12. The lowest BCUT2D eigenvalue weighted by atomic mass is 10.0. The van der Waals surface area contributed by atoms with E-state index in [9.17, 15) is 14.7 Å². The summed E-state index contributed by atoms with van der Waals surface area (Å²) in [5, 5.41) is 13.3. The predicted octanol–water partition coefficient (Wildman–Crippen LogP) is 9.64. The second-order valence-electron chi connectivity index (χ2n) is 10.4. The van der Waals surface area contributed by atoms with Gasteiger partial charge >= 0.3 is 11.9 Å². The van der Waals surface area contributed by atoms with E-state index in [0.29, 0.717) is 5.75 Å². The van der Waals surface area contributed by atoms with Crippen LogP contribution in [0.15, 0.2) is 66.7 Å². The van der Waals surface area contributed by atoms with E-state index >= 15 is 0 Å². The van der Waals surface area contributed by atoms with Crippen molar-refractivity contribution in [3.63, 3.8) is 0 Å². The first-order valence-electron chi connectivity index (χ1n) is 14.6. The standard InChI is InChI=1S/C34H44O4/c1-2-3-4-5-6-7-8-9-10-11-12-13-14-15-22-29(34(36)37)26-32(35)38-33-30-23-18-16-20-27(30)25-28-21-17-19-24-31(28)33/h15-25,29H,2-14,26H2,1H3,(H,36,37). The van der Waals surface area contributed by atoms with Gasteiger partial charge in [0.25, 0.3) is 0 Å². The Morgan fingerprint density at radius 3 is 1.79 bits per heavy atom. The molecule has 3 aromatic rings. The van der Waals surface area contributed by atoms with Gasteiger partial charge in [-0.25, -0.2) is 0 Å². The Bertz CT molecular complexity index is 1130. The summed E-state index contributed by atoms with van der Waals surface area (Å²) in [6.45, 7) is 2.26. The Hall–Kier alpha value is -3.14. The van der Waals surface area contributed by atoms with Crippen LogP contribution in [0.4, 0.5) is 0 Å². The van der Waals surface area contributed by atoms with Gasteiger partial charge in [0.05, 0.1) is 12.3 Å². The Morgan fingerprint density at radius 1 is 0.763 bits per heavy atom. The Kier molecular flexibility index (Phi) is 12.9. The highest BCUT2D eigenvalue weighted by atomic mass is 16.5. The fraction of sp³-hybridized carbons (Fsp3) is 0.471. The van der Waals surface area contributed by atoms with Gasteiger partial charge in [-0.05, 0) is 29.7 Å². The molecule has 0 aliphatic rings. The van der Waals surface area contributed by atoms with Gasteiger partial charge in [-0.2, -0.15) is 0 Å². The van der Waals surface area contributed by atoms with Crippen molar-refractivity contribution >= 4 is 33.5 Å². The molecular weight excluding hydrogens is 472 g/mol. The maximum Gasteiger partial charge on any atom is 0.312 e. The molecule has 1 atom stereocenters. The van der Waals surface area contributed by atoms with E-state index in [2.05, 4.69) is 13.0 Å². The molecule has 0 saturated heterocycles. The number of aliphatic carboxylic acids is 1. The van der Waals surface area contributed by atoms with Crippen molar-refractivity contribution in [2.75, 3.05) is 0 Å². The topological polar surface area (TPSA) is 63.6 Å². The van der Waals surface area contributed by atoms with Crippen LogP contribution in [0.5, 0.6) is 5.75 Å². The molecule has 3 aromatic carbocycles. The van der Waals surface area contributed by atoms with E-state index in [1.54, 1.807) is 6.08 Å². The second kappa shape index (κ2) is 16.7. The molecule has 3 rings (SSSR count). The maximum absolute atomic E-state index is 12.8. The molecule has 0 heterocycles. The molecule has 0 fully saturated rings. The molecule has 0 aliphatic heterocycles. The number of carbonyl (C=O) groups excluding carboxylic acids is 1. The number of benzene rings is 3. The second-order valence-corrected chi connectivity index (χ2v) is 10.4. The van der Waals surface area contributed by atoms with Crippen LogP contribution < -0.4 is 4.74 Å². The first-order chi connectivity index (χ1) is 18.6. The Labute approximate surface area is 228 Å². The van der Waals surface area contributed by atoms with E-state index in [1.165, 1.54) is 64.2 Å². The minimum Gasteiger partial charge on any atom is -0.481 e. The molecular formula is C34H44O4. The first-order valence-corrected chi connectivity index (χ1v) is 14.6. The molecule has 38 heavy (non-hydrogen) atoms. The normalized spacial score (nSPS) is 12.3. The highest BCUT2D eigenvalue weighted by molar-refractivity contribution is 6.06. The van der Waals surface area contributed by atoms with Gasteiger partial charge in [0.1, 0.15) is 5.75 Å². The third-order valence-electron chi connectivity index (χ3n) is 7.23. The highest BCUT2D eigenvalue weighted by Crippen LogP contribution is 2.35. The van der Waals surface area contributed by atoms with Crippen LogP contribution in [0.2, 0.25) is 0 Å². The molecule has 0 aliphatic carbocycles. The van der Waals surface area contributed by atoms with Gasteiger partial charge in [-0.1, -0.05) is 138 Å². The van der Waals surface area contributed by atoms with E-state index in [4.69, 9.17) is 4.74 Å². The zero-order chi connectivity index (χ0) is 27.0. The summed E-state index contributed by atoms with van der Waals surface area (Å²) in [5.74, 6) is -1.93. The molecule has 0 aromatic heterocycles. The van der Waals surface area contributed by atoms with Gasteiger partial charge in [-0.15, -0.1) is 0 Å². The summed E-state index contributed by atoms with van der Waals surface area (Å²) in [5.41, 5.74) is 0. The van der Waals surface area contributed by atoms with Crippen LogP contribution in [-0.2, 0) is 9.59 Å². The van der Waals surface area contributed by atoms with Gasteiger partial charge in [0.2, 0.25) is 0 Å². The van der Waals surface area contributed by atoms with Crippen molar-refractivity contribution in [1.29, 1.82) is 0 Å². The van der Waals surface area contributed by atoms with Crippen LogP contribution in [-0.4, -0.2) is 17.0 Å². The van der Waals surface area contributed by atoms with Crippen LogP contribution in [0.3, 0.4) is 0 Å². The largest absolute Gasteiger partial charge is 0.481 e. The van der Waals surface area contributed by atoms with Crippen molar-refractivity contribution in [3.8, 4) is 5.75 Å². The zero-order valence-corrected chi connectivity index (χ0v) is 23.0. The van der Waals surface area contributed by atoms with E-state index < -0.39 is 17.9 Å². The van der Waals surface area contributed by atoms with E-state index in [1.807, 2.05) is 54.6 Å². The Morgan fingerprint density at radius 2 is 1.26 bits per heavy atom. The first kappa shape index (κ1) is 29.4. The van der Waals surface area contributed by atoms with Crippen molar-refractivity contribution in [1.82, 2.24) is 0 Å². The number of hydrogen-bond donors (Lipinski definition) is 1. The minimum absolute atomic E-state index is 0.193. The number of ether oxygens (including phenoxy) is 1. The van der Waals surface area contributed by atoms with Crippen LogP contribution >= 0.6 is 0 Å². The van der Waals surface area contributed by atoms with Crippen molar-refractivity contribution in [2.24, 2.45) is 5.92 Å². The number of rotatable bonds is 18. The molecule has 204 valence electrons. The molecule has 0 radical (unpaired) electrons. The number of carbonyl (C=O) groups is 2. The minimum atomic E-state index is -1.00. The number of carboxylic acid groups (broad SMARTS) is 1. The molecule has 0 spiro atoms. The Balaban J connectivity index is 1.41. The van der Waals surface area contributed by atoms with Crippen LogP contribution in [0, 0.1) is 5.92 Å². The van der Waals surface area contributed by atoms with Crippen LogP contribution in [0.25, 0.3) is 21.5 Å². The molecule has 1 N–H and O–H groups in total. The summed E-state index contributed by atoms with van der Waals surface area (Å²) in [7, 11) is 0. The number of carboxylic acids is 1. The molecule has 4 heteroatoms. The van der Waals surface area contributed by atoms with E-state index in [0.717, 1.165) is 40.8 Å². The monoisotopic (exact) mass is 516 g/mol. The lowest BCUT2D eigenvalue weighted by Crippen LogP contribution is -2.19. The lowest BCUT2D eigenvalue weighted by Gasteiger charge is -2.13. The third kappa shape index (κ3) is 9.63. The van der Waals surface area contributed by atoms with Gasteiger partial charge in [0, 0.05) is 10.8 Å². The summed E-state index contributed by atoms with van der Waals surface area (Å²) >= 11 is 0. The smallest absolute Gasteiger partial charge is 0.312 e. The lowest BCUT2D eigenvalue weighted by molar-refractivity contribution is -0.145. The van der Waals surface area contributed by atoms with Crippen molar-refractivity contribution in [3.05, 3.63) is 66.7 Å². The number of fused-ring (bicyclic) bond motifs is 2. The van der Waals surface area contributed by atoms with Gasteiger partial charge in [0.15, 0.2) is 0 Å². The summed E-state index contributed by atoms with van der Waals surface area (Å²) in [4.78, 5) is 24.7. The average molecular weight is 517 g/mol. The van der Waals surface area contributed by atoms with Crippen molar-refractivity contribution < 1.29 is 19.4 Å². The summed E-state index contributed by atoms with van der Waals surface area (Å²) in [6, 6.07) is 17.6. The molecule has 1 unspecified atom stereocenters. The van der Waals surface area contributed by atoms with E-state index in [-0.39, 0.29) is 6.42 Å². The number of allylic oxidation sites excluding steroid dienone is 1. The molecule has 0 saturated carbocycles. The quantitative estimate of drug-likeness (QED) is 0.0601. The summed E-state index contributed by atoms with van der Waals surface area (Å²) < 4.78 is 5.81. The fourth-order valence-electron chi connectivity index (χ4n) is 5.02. The average Bonchev–Trinajstić information content (AvgIpc) is 2.92. The van der Waals surface area contributed by atoms with Crippen molar-refractivity contribution in [2.45, 2.75) is 96.8 Å². The molecule has 0 bridgehead atoms. The third-order valence-corrected chi connectivity index (χ3v) is 7.23. The zero-order valence-electron chi connectivity index (χ0n) is 23.0. The fourth-order valence-corrected chi connectivity index (χ4v) is 5.02. The maximum atomic E-state index is 12.8. The highest BCUT2D eigenvalue weighted by Gasteiger charge is 2.21. The van der Waals surface area contributed by atoms with Crippen LogP contribution in [0.1, 0.15) is 96.8 Å². The predicted molar refractivity (Wildman–Crippen MR) is 158 cm³/mol.